The molecule has 0 spiro atoms. The van der Waals surface area contributed by atoms with E-state index in [1.807, 2.05) is 28.8 Å². The number of carbonyl (C=O) groups is 1. The highest BCUT2D eigenvalue weighted by Gasteiger charge is 2.24. The van der Waals surface area contributed by atoms with Gasteiger partial charge in [0.25, 0.3) is 0 Å². The number of carbonyl (C=O) groups excluding carboxylic acids is 1. The van der Waals surface area contributed by atoms with Crippen LogP contribution in [0.5, 0.6) is 0 Å². The predicted molar refractivity (Wildman–Crippen MR) is 130 cm³/mol. The number of nitriles is 2. The molecule has 0 atom stereocenters. The second-order valence-electron chi connectivity index (χ2n) is 8.11. The predicted octanol–water partition coefficient (Wildman–Crippen LogP) is 5.32. The van der Waals surface area contributed by atoms with Gasteiger partial charge in [-0.25, -0.2) is 4.98 Å². The summed E-state index contributed by atoms with van der Waals surface area (Å²) < 4.78 is 7.33. The molecular weight excluding hydrogens is 446 g/mol. The second kappa shape index (κ2) is 9.09. The molecular formula is C26H21N5O2S. The number of aromatic nitrogens is 2. The minimum atomic E-state index is 0.0261. The normalized spacial score (nSPS) is 12.8. The monoisotopic (exact) mass is 467 g/mol. The van der Waals surface area contributed by atoms with Crippen molar-refractivity contribution in [2.24, 2.45) is 0 Å². The van der Waals surface area contributed by atoms with E-state index in [1.165, 1.54) is 23.6 Å². The molecule has 0 radical (unpaired) electrons. The molecule has 3 aromatic heterocycles. The van der Waals surface area contributed by atoms with E-state index in [0.717, 1.165) is 42.3 Å². The molecule has 0 fully saturated rings. The van der Waals surface area contributed by atoms with Gasteiger partial charge in [-0.2, -0.15) is 10.5 Å². The Labute approximate surface area is 200 Å². The van der Waals surface area contributed by atoms with Crippen molar-refractivity contribution in [3.05, 3.63) is 65.0 Å². The maximum Gasteiger partial charge on any atom is 0.232 e. The van der Waals surface area contributed by atoms with Crippen LogP contribution in [0.3, 0.4) is 0 Å². The molecule has 34 heavy (non-hydrogen) atoms. The smallest absolute Gasteiger partial charge is 0.232 e. The number of nitrogen functional groups attached to an aromatic ring is 1. The number of para-hydroxylation sites is 1. The van der Waals surface area contributed by atoms with E-state index >= 15 is 0 Å². The summed E-state index contributed by atoms with van der Waals surface area (Å²) >= 11 is 1.29. The van der Waals surface area contributed by atoms with E-state index in [4.69, 9.17) is 10.2 Å². The van der Waals surface area contributed by atoms with Crippen LogP contribution >= 0.6 is 11.8 Å². The Morgan fingerprint density at radius 3 is 2.68 bits per heavy atom. The van der Waals surface area contributed by atoms with Gasteiger partial charge in [0.15, 0.2) is 0 Å². The molecule has 0 bridgehead atoms. The standard InChI is InChI=1S/C26H21N5O2S/c27-14-18-24(22-10-5-12-33-22)19(15-28)26(30-25(18)29)34-13-11-23(32)31-20-8-3-1-6-16(20)17-7-2-4-9-21(17)31/h1,3,5-6,8,10,12H,2,4,7,9,11,13H2,(H2,29,30). The third-order valence-electron chi connectivity index (χ3n) is 6.17. The van der Waals surface area contributed by atoms with Gasteiger partial charge in [-0.05, 0) is 49.4 Å². The van der Waals surface area contributed by atoms with E-state index in [2.05, 4.69) is 17.1 Å². The highest BCUT2D eigenvalue weighted by Crippen LogP contribution is 2.36. The van der Waals surface area contributed by atoms with Crippen LogP contribution in [0.2, 0.25) is 0 Å². The summed E-state index contributed by atoms with van der Waals surface area (Å²) in [7, 11) is 0. The van der Waals surface area contributed by atoms with Gasteiger partial charge in [0.1, 0.15) is 34.3 Å². The fourth-order valence-electron chi connectivity index (χ4n) is 4.70. The maximum atomic E-state index is 13.3. The average Bonchev–Trinajstić information content (AvgIpc) is 3.50. The number of benzene rings is 1. The number of hydrogen-bond donors (Lipinski definition) is 1. The Morgan fingerprint density at radius 1 is 1.12 bits per heavy atom. The first kappa shape index (κ1) is 21.8. The van der Waals surface area contributed by atoms with Crippen molar-refractivity contribution in [2.45, 2.75) is 37.1 Å². The molecule has 1 aliphatic rings. The molecule has 7 nitrogen and oxygen atoms in total. The molecule has 2 N–H and O–H groups in total. The lowest BCUT2D eigenvalue weighted by atomic mass is 9.95. The number of aryl methyl sites for hydroxylation is 1. The zero-order chi connectivity index (χ0) is 23.7. The van der Waals surface area contributed by atoms with E-state index < -0.39 is 0 Å². The summed E-state index contributed by atoms with van der Waals surface area (Å²) in [6.45, 7) is 0. The molecule has 1 aliphatic carbocycles. The van der Waals surface area contributed by atoms with Crippen LogP contribution in [-0.4, -0.2) is 21.2 Å². The molecule has 0 saturated carbocycles. The first-order chi connectivity index (χ1) is 16.6. The Hall–Kier alpha value is -4.01. The van der Waals surface area contributed by atoms with Gasteiger partial charge >= 0.3 is 0 Å². The molecule has 0 unspecified atom stereocenters. The first-order valence-electron chi connectivity index (χ1n) is 11.1. The number of rotatable bonds is 5. The SMILES string of the molecule is N#Cc1c(N)nc(SCCC(=O)n2c3c(c4ccccc42)CCCC3)c(C#N)c1-c1ccco1. The van der Waals surface area contributed by atoms with Crippen molar-refractivity contribution in [1.82, 2.24) is 9.55 Å². The average molecular weight is 468 g/mol. The third kappa shape index (κ3) is 3.63. The fourth-order valence-corrected chi connectivity index (χ4v) is 5.62. The van der Waals surface area contributed by atoms with Gasteiger partial charge in [0, 0.05) is 23.3 Å². The lowest BCUT2D eigenvalue weighted by molar-refractivity contribution is 0.0912. The first-order valence-corrected chi connectivity index (χ1v) is 12.1. The zero-order valence-corrected chi connectivity index (χ0v) is 19.2. The summed E-state index contributed by atoms with van der Waals surface area (Å²) in [5, 5.41) is 21.0. The van der Waals surface area contributed by atoms with Gasteiger partial charge in [0.2, 0.25) is 5.91 Å². The summed E-state index contributed by atoms with van der Waals surface area (Å²) in [6, 6.07) is 15.6. The van der Waals surface area contributed by atoms with Crippen molar-refractivity contribution < 1.29 is 9.21 Å². The second-order valence-corrected chi connectivity index (χ2v) is 9.19. The summed E-state index contributed by atoms with van der Waals surface area (Å²) in [6.07, 6.45) is 5.88. The van der Waals surface area contributed by atoms with Crippen LogP contribution < -0.4 is 5.73 Å². The largest absolute Gasteiger partial charge is 0.464 e. The third-order valence-corrected chi connectivity index (χ3v) is 7.14. The number of nitrogens with two attached hydrogens (primary N) is 1. The summed E-state index contributed by atoms with van der Waals surface area (Å²) in [5.74, 6) is 0.862. The lowest BCUT2D eigenvalue weighted by Gasteiger charge is -2.15. The van der Waals surface area contributed by atoms with E-state index in [0.29, 0.717) is 22.1 Å². The lowest BCUT2D eigenvalue weighted by Crippen LogP contribution is -2.16. The van der Waals surface area contributed by atoms with Gasteiger partial charge in [0.05, 0.1) is 22.9 Å². The van der Waals surface area contributed by atoms with E-state index in [-0.39, 0.29) is 29.3 Å². The molecule has 168 valence electrons. The zero-order valence-electron chi connectivity index (χ0n) is 18.4. The van der Waals surface area contributed by atoms with Crippen molar-refractivity contribution in [3.8, 4) is 23.5 Å². The topological polar surface area (TPSA) is 122 Å². The highest BCUT2D eigenvalue weighted by molar-refractivity contribution is 7.99. The number of anilines is 1. The molecule has 0 aliphatic heterocycles. The quantitative estimate of drug-likeness (QED) is 0.394. The van der Waals surface area contributed by atoms with Crippen LogP contribution in [0.25, 0.3) is 22.2 Å². The number of nitrogens with zero attached hydrogens (tertiary/aromatic N) is 4. The fraction of sp³-hybridized carbons (Fsp3) is 0.231. The number of pyridine rings is 1. The van der Waals surface area contributed by atoms with Gasteiger partial charge in [-0.1, -0.05) is 18.2 Å². The Kier molecular flexibility index (Phi) is 5.83. The summed E-state index contributed by atoms with van der Waals surface area (Å²) in [4.78, 5) is 17.6. The van der Waals surface area contributed by atoms with Crippen LogP contribution in [0.1, 0.15) is 46.4 Å². The highest BCUT2D eigenvalue weighted by atomic mass is 32.2. The molecule has 0 saturated heterocycles. The molecule has 1 aromatic carbocycles. The Balaban J connectivity index is 1.43. The molecule has 3 heterocycles. The number of furan rings is 1. The van der Waals surface area contributed by atoms with E-state index in [1.54, 1.807) is 12.1 Å². The van der Waals surface area contributed by atoms with Gasteiger partial charge < -0.3 is 10.2 Å². The number of thioether (sulfide) groups is 1. The van der Waals surface area contributed by atoms with Crippen LogP contribution in [0.4, 0.5) is 5.82 Å². The molecule has 5 rings (SSSR count). The minimum Gasteiger partial charge on any atom is -0.464 e. The molecule has 4 aromatic rings. The van der Waals surface area contributed by atoms with Crippen molar-refractivity contribution in [1.29, 1.82) is 10.5 Å². The van der Waals surface area contributed by atoms with Crippen LogP contribution in [0.15, 0.2) is 52.1 Å². The summed E-state index contributed by atoms with van der Waals surface area (Å²) in [5.41, 5.74) is 10.1. The molecule has 0 amide bonds. The van der Waals surface area contributed by atoms with Crippen molar-refractivity contribution >= 4 is 34.4 Å². The maximum absolute atomic E-state index is 13.3. The Bertz CT molecular complexity index is 1490. The Morgan fingerprint density at radius 2 is 1.91 bits per heavy atom. The van der Waals surface area contributed by atoms with Crippen LogP contribution in [-0.2, 0) is 12.8 Å². The number of fused-ring (bicyclic) bond motifs is 3. The van der Waals surface area contributed by atoms with Gasteiger partial charge in [-0.15, -0.1) is 11.8 Å². The van der Waals surface area contributed by atoms with Gasteiger partial charge in [-0.3, -0.25) is 9.36 Å². The molecule has 8 heteroatoms. The van der Waals surface area contributed by atoms with E-state index in [9.17, 15) is 15.3 Å². The van der Waals surface area contributed by atoms with Crippen molar-refractivity contribution in [3.63, 3.8) is 0 Å². The number of hydrogen-bond acceptors (Lipinski definition) is 7. The minimum absolute atomic E-state index is 0.0261. The van der Waals surface area contributed by atoms with Crippen LogP contribution in [0, 0.1) is 22.7 Å². The van der Waals surface area contributed by atoms with Crippen molar-refractivity contribution in [2.75, 3.05) is 11.5 Å².